The molecule has 0 aliphatic carbocycles. The maximum atomic E-state index is 5.85. The third-order valence-electron chi connectivity index (χ3n) is 2.99. The van der Waals surface area contributed by atoms with E-state index >= 15 is 0 Å². The van der Waals surface area contributed by atoms with Crippen LogP contribution in [0.3, 0.4) is 0 Å². The van der Waals surface area contributed by atoms with Crippen molar-refractivity contribution < 1.29 is 13.9 Å². The van der Waals surface area contributed by atoms with Crippen molar-refractivity contribution in [1.82, 2.24) is 5.32 Å². The first kappa shape index (κ1) is 15.2. The molecule has 4 nitrogen and oxygen atoms in total. The molecule has 2 aromatic rings. The van der Waals surface area contributed by atoms with Gasteiger partial charge in [-0.15, -0.1) is 0 Å². The Labute approximate surface area is 131 Å². The number of nitrogens with one attached hydrogen (secondary N) is 1. The normalized spacial score (nSPS) is 12.2. The quantitative estimate of drug-likeness (QED) is 0.874. The van der Waals surface area contributed by atoms with Crippen LogP contribution in [0.15, 0.2) is 33.2 Å². The zero-order chi connectivity index (χ0) is 14.7. The van der Waals surface area contributed by atoms with Gasteiger partial charge in [0.1, 0.15) is 21.7 Å². The largest absolute Gasteiger partial charge is 0.495 e. The van der Waals surface area contributed by atoms with Crippen molar-refractivity contribution in [2.45, 2.75) is 6.04 Å². The van der Waals surface area contributed by atoms with Gasteiger partial charge in [-0.25, -0.2) is 0 Å². The maximum Gasteiger partial charge on any atom is 0.193 e. The molecule has 6 heteroatoms. The predicted molar refractivity (Wildman–Crippen MR) is 81.9 cm³/mol. The summed E-state index contributed by atoms with van der Waals surface area (Å²) in [6.07, 6.45) is 0. The number of halogens is 2. The van der Waals surface area contributed by atoms with Crippen LogP contribution < -0.4 is 14.8 Å². The predicted octanol–water partition coefficient (Wildman–Crippen LogP) is 4.02. The Morgan fingerprint density at radius 2 is 1.95 bits per heavy atom. The van der Waals surface area contributed by atoms with Crippen LogP contribution in [0.4, 0.5) is 0 Å². The number of hydrogen-bond acceptors (Lipinski definition) is 4. The molecule has 0 spiro atoms. The Balaban J connectivity index is 2.52. The third-order valence-corrected chi connectivity index (χ3v) is 3.95. The highest BCUT2D eigenvalue weighted by Crippen LogP contribution is 2.41. The van der Waals surface area contributed by atoms with Crippen LogP contribution >= 0.6 is 27.5 Å². The average molecular weight is 361 g/mol. The van der Waals surface area contributed by atoms with Crippen molar-refractivity contribution in [2.24, 2.45) is 0 Å². The molecule has 0 fully saturated rings. The van der Waals surface area contributed by atoms with Gasteiger partial charge in [-0.2, -0.15) is 0 Å². The lowest BCUT2D eigenvalue weighted by Crippen LogP contribution is -2.18. The first-order chi connectivity index (χ1) is 9.62. The van der Waals surface area contributed by atoms with Crippen LogP contribution in [0.25, 0.3) is 0 Å². The van der Waals surface area contributed by atoms with E-state index < -0.39 is 0 Å². The number of furan rings is 1. The lowest BCUT2D eigenvalue weighted by atomic mass is 10.0. The monoisotopic (exact) mass is 359 g/mol. The summed E-state index contributed by atoms with van der Waals surface area (Å²) in [5.41, 5.74) is 0.925. The SMILES string of the molecule is CNC(c1ccc(Cl)o1)c1ccc(OC)c(Br)c1OC. The van der Waals surface area contributed by atoms with Crippen molar-refractivity contribution in [1.29, 1.82) is 0 Å². The summed E-state index contributed by atoms with van der Waals surface area (Å²) >= 11 is 9.34. The van der Waals surface area contributed by atoms with Gasteiger partial charge in [-0.1, -0.05) is 0 Å². The van der Waals surface area contributed by atoms with Gasteiger partial charge in [0.05, 0.1) is 20.3 Å². The minimum atomic E-state index is -0.167. The van der Waals surface area contributed by atoms with Crippen molar-refractivity contribution >= 4 is 27.5 Å². The molecule has 2 rings (SSSR count). The number of methoxy groups -OCH3 is 2. The van der Waals surface area contributed by atoms with Gasteiger partial charge in [-0.05, 0) is 58.8 Å². The molecule has 1 N–H and O–H groups in total. The second-order valence-electron chi connectivity index (χ2n) is 4.07. The Kier molecular flexibility index (Phi) is 4.96. The van der Waals surface area contributed by atoms with Gasteiger partial charge in [0, 0.05) is 5.56 Å². The summed E-state index contributed by atoms with van der Waals surface area (Å²) in [6.45, 7) is 0. The summed E-state index contributed by atoms with van der Waals surface area (Å²) in [5, 5.41) is 3.55. The minimum absolute atomic E-state index is 0.167. The van der Waals surface area contributed by atoms with Crippen LogP contribution in [0.5, 0.6) is 11.5 Å². The van der Waals surface area contributed by atoms with Gasteiger partial charge in [0.25, 0.3) is 0 Å². The summed E-state index contributed by atoms with van der Waals surface area (Å²) in [4.78, 5) is 0. The van der Waals surface area contributed by atoms with Gasteiger partial charge in [0.2, 0.25) is 0 Å². The van der Waals surface area contributed by atoms with E-state index in [0.29, 0.717) is 22.5 Å². The lowest BCUT2D eigenvalue weighted by Gasteiger charge is -2.19. The van der Waals surface area contributed by atoms with Gasteiger partial charge in [-0.3, -0.25) is 0 Å². The van der Waals surface area contributed by atoms with E-state index in [2.05, 4.69) is 21.2 Å². The van der Waals surface area contributed by atoms with Crippen LogP contribution in [0, 0.1) is 0 Å². The molecule has 0 bridgehead atoms. The fourth-order valence-corrected chi connectivity index (χ4v) is 2.92. The highest BCUT2D eigenvalue weighted by molar-refractivity contribution is 9.10. The van der Waals surface area contributed by atoms with E-state index in [4.69, 9.17) is 25.5 Å². The molecule has 1 aromatic carbocycles. The van der Waals surface area contributed by atoms with E-state index in [1.165, 1.54) is 0 Å². The highest BCUT2D eigenvalue weighted by Gasteiger charge is 2.23. The molecule has 1 heterocycles. The Morgan fingerprint density at radius 3 is 2.45 bits per heavy atom. The number of rotatable bonds is 5. The second kappa shape index (κ2) is 6.52. The highest BCUT2D eigenvalue weighted by atomic mass is 79.9. The molecule has 0 aliphatic rings. The van der Waals surface area contributed by atoms with E-state index in [-0.39, 0.29) is 6.04 Å². The third kappa shape index (κ3) is 2.80. The maximum absolute atomic E-state index is 5.85. The van der Waals surface area contributed by atoms with Crippen LogP contribution in [-0.4, -0.2) is 21.3 Å². The molecule has 0 radical (unpaired) electrons. The molecule has 1 aromatic heterocycles. The Bertz CT molecular complexity index is 600. The molecule has 0 aliphatic heterocycles. The lowest BCUT2D eigenvalue weighted by molar-refractivity contribution is 0.379. The molecule has 0 saturated carbocycles. The second-order valence-corrected chi connectivity index (χ2v) is 5.23. The van der Waals surface area contributed by atoms with Crippen LogP contribution in [0.1, 0.15) is 17.4 Å². The minimum Gasteiger partial charge on any atom is -0.495 e. The molecule has 108 valence electrons. The van der Waals surface area contributed by atoms with Crippen molar-refractivity contribution in [2.75, 3.05) is 21.3 Å². The first-order valence-corrected chi connectivity index (χ1v) is 7.12. The van der Waals surface area contributed by atoms with E-state index in [0.717, 1.165) is 10.0 Å². The first-order valence-electron chi connectivity index (χ1n) is 5.95. The Morgan fingerprint density at radius 1 is 1.20 bits per heavy atom. The zero-order valence-corrected chi connectivity index (χ0v) is 13.7. The molecule has 1 unspecified atom stereocenters. The van der Waals surface area contributed by atoms with Crippen molar-refractivity contribution in [3.63, 3.8) is 0 Å². The molecular weight excluding hydrogens is 346 g/mol. The molecule has 1 atom stereocenters. The summed E-state index contributed by atoms with van der Waals surface area (Å²) in [6, 6.07) is 7.18. The Hall–Kier alpha value is -1.17. The van der Waals surface area contributed by atoms with Crippen molar-refractivity contribution in [3.05, 3.63) is 45.3 Å². The topological polar surface area (TPSA) is 43.6 Å². The van der Waals surface area contributed by atoms with Gasteiger partial charge in [0.15, 0.2) is 5.22 Å². The standard InChI is InChI=1S/C14H15BrClNO3/c1-17-13(10-6-7-11(16)20-10)8-4-5-9(18-2)12(15)14(8)19-3/h4-7,13,17H,1-3H3. The van der Waals surface area contributed by atoms with E-state index in [9.17, 15) is 0 Å². The van der Waals surface area contributed by atoms with Crippen LogP contribution in [0.2, 0.25) is 5.22 Å². The summed E-state index contributed by atoms with van der Waals surface area (Å²) in [7, 11) is 5.07. The molecular formula is C14H15BrClNO3. The molecule has 20 heavy (non-hydrogen) atoms. The number of hydrogen-bond donors (Lipinski definition) is 1. The van der Waals surface area contributed by atoms with Crippen molar-refractivity contribution in [3.8, 4) is 11.5 Å². The molecule has 0 amide bonds. The smallest absolute Gasteiger partial charge is 0.193 e. The molecule has 0 saturated heterocycles. The summed E-state index contributed by atoms with van der Waals surface area (Å²) in [5.74, 6) is 2.11. The van der Waals surface area contributed by atoms with E-state index in [1.54, 1.807) is 20.3 Å². The average Bonchev–Trinajstić information content (AvgIpc) is 2.86. The van der Waals surface area contributed by atoms with Crippen LogP contribution in [-0.2, 0) is 0 Å². The van der Waals surface area contributed by atoms with Gasteiger partial charge < -0.3 is 19.2 Å². The van der Waals surface area contributed by atoms with Gasteiger partial charge >= 0.3 is 0 Å². The number of benzene rings is 1. The fraction of sp³-hybridized carbons (Fsp3) is 0.286. The fourth-order valence-electron chi connectivity index (χ4n) is 2.08. The summed E-state index contributed by atoms with van der Waals surface area (Å²) < 4.78 is 17.0. The number of ether oxygens (including phenoxy) is 2. The zero-order valence-electron chi connectivity index (χ0n) is 11.4. The van der Waals surface area contributed by atoms with E-state index in [1.807, 2.05) is 25.2 Å².